The molecule has 0 bridgehead atoms. The Hall–Kier alpha value is -1.68. The van der Waals surface area contributed by atoms with Gasteiger partial charge in [-0.2, -0.15) is 0 Å². The van der Waals surface area contributed by atoms with Gasteiger partial charge in [0.2, 0.25) is 0 Å². The number of hydrogen-bond acceptors (Lipinski definition) is 3. The van der Waals surface area contributed by atoms with Gasteiger partial charge < -0.3 is 9.72 Å². The first-order valence-corrected chi connectivity index (χ1v) is 4.53. The molecule has 3 nitrogen and oxygen atoms in total. The van der Waals surface area contributed by atoms with Crippen molar-refractivity contribution in [2.75, 3.05) is 0 Å². The van der Waals surface area contributed by atoms with E-state index >= 15 is 0 Å². The average molecular weight is 204 g/mol. The number of hydrogen-bond donors (Lipinski definition) is 1. The smallest absolute Gasteiger partial charge is 0.180 e. The third kappa shape index (κ3) is 1.97. The van der Waals surface area contributed by atoms with Gasteiger partial charge in [0.05, 0.1) is 12.5 Å². The Labute approximate surface area is 86.4 Å². The second kappa shape index (κ2) is 4.02. The summed E-state index contributed by atoms with van der Waals surface area (Å²) in [6.45, 7) is 0. The predicted molar refractivity (Wildman–Crippen MR) is 55.9 cm³/mol. The van der Waals surface area contributed by atoms with E-state index < -0.39 is 0 Å². The summed E-state index contributed by atoms with van der Waals surface area (Å²) in [4.78, 5) is 6.69. The van der Waals surface area contributed by atoms with Gasteiger partial charge in [0.25, 0.3) is 0 Å². The molecular weight excluding hydrogens is 196 g/mol. The summed E-state index contributed by atoms with van der Waals surface area (Å²) in [7, 11) is 0. The number of benzene rings is 1. The van der Waals surface area contributed by atoms with Gasteiger partial charge in [-0.25, -0.2) is 4.98 Å². The van der Waals surface area contributed by atoms with Crippen molar-refractivity contribution in [3.8, 4) is 11.5 Å². The van der Waals surface area contributed by atoms with Crippen molar-refractivity contribution in [2.45, 2.75) is 0 Å². The first-order valence-electron chi connectivity index (χ1n) is 4.12. The lowest BCUT2D eigenvalue weighted by atomic mass is 10.3. The van der Waals surface area contributed by atoms with Crippen LogP contribution < -0.4 is 4.74 Å². The molecular formula is C10H8N2OS. The van der Waals surface area contributed by atoms with Gasteiger partial charge in [0.1, 0.15) is 10.4 Å². The maximum atomic E-state index is 5.51. The second-order valence-electron chi connectivity index (χ2n) is 2.66. The Kier molecular flexibility index (Phi) is 2.55. The van der Waals surface area contributed by atoms with E-state index in [1.54, 1.807) is 6.20 Å². The first-order chi connectivity index (χ1) is 6.86. The van der Waals surface area contributed by atoms with Crippen molar-refractivity contribution in [3.05, 3.63) is 47.5 Å². The summed E-state index contributed by atoms with van der Waals surface area (Å²) in [5, 5.41) is 0. The fourth-order valence-corrected chi connectivity index (χ4v) is 1.17. The Morgan fingerprint density at radius 3 is 2.71 bits per heavy atom. The zero-order chi connectivity index (χ0) is 9.80. The van der Waals surface area contributed by atoms with E-state index in [0.717, 1.165) is 5.75 Å². The lowest BCUT2D eigenvalue weighted by Gasteiger charge is -2.03. The molecule has 1 N–H and O–H groups in total. The van der Waals surface area contributed by atoms with E-state index in [9.17, 15) is 0 Å². The highest BCUT2D eigenvalue weighted by Crippen LogP contribution is 2.19. The standard InChI is InChI=1S/C10H8N2OS/c14-10-9(6-11-7-12-10)13-8-4-2-1-3-5-8/h1-7H,(H,11,12,14). The van der Waals surface area contributed by atoms with Crippen LogP contribution in [0.4, 0.5) is 0 Å². The van der Waals surface area contributed by atoms with E-state index in [4.69, 9.17) is 17.0 Å². The second-order valence-corrected chi connectivity index (χ2v) is 3.07. The fourth-order valence-electron chi connectivity index (χ4n) is 1.02. The molecule has 0 saturated heterocycles. The minimum absolute atomic E-state index is 0.545. The molecule has 4 heteroatoms. The van der Waals surface area contributed by atoms with E-state index in [2.05, 4.69) is 9.97 Å². The molecule has 1 aromatic carbocycles. The van der Waals surface area contributed by atoms with Crippen molar-refractivity contribution in [3.63, 3.8) is 0 Å². The normalized spacial score (nSPS) is 9.71. The summed E-state index contributed by atoms with van der Waals surface area (Å²) < 4.78 is 6.06. The molecule has 0 aliphatic rings. The molecule has 0 saturated carbocycles. The van der Waals surface area contributed by atoms with Gasteiger partial charge >= 0.3 is 0 Å². The van der Waals surface area contributed by atoms with Gasteiger partial charge in [-0.05, 0) is 12.1 Å². The number of rotatable bonds is 2. The van der Waals surface area contributed by atoms with Crippen LogP contribution in [0.1, 0.15) is 0 Å². The molecule has 2 rings (SSSR count). The number of nitrogens with one attached hydrogen (secondary N) is 1. The van der Waals surface area contributed by atoms with Crippen LogP contribution in [0.25, 0.3) is 0 Å². The molecule has 0 amide bonds. The van der Waals surface area contributed by atoms with E-state index in [1.807, 2.05) is 30.3 Å². The van der Waals surface area contributed by atoms with Crippen LogP contribution in [0.15, 0.2) is 42.9 Å². The van der Waals surface area contributed by atoms with Crippen molar-refractivity contribution < 1.29 is 4.74 Å². The van der Waals surface area contributed by atoms with Crippen LogP contribution in [0, 0.1) is 4.64 Å². The quantitative estimate of drug-likeness (QED) is 0.764. The highest BCUT2D eigenvalue weighted by Gasteiger charge is 1.97. The highest BCUT2D eigenvalue weighted by molar-refractivity contribution is 7.71. The maximum Gasteiger partial charge on any atom is 0.180 e. The van der Waals surface area contributed by atoms with Crippen LogP contribution in [-0.4, -0.2) is 9.97 Å². The van der Waals surface area contributed by atoms with Crippen LogP contribution >= 0.6 is 12.2 Å². The SMILES string of the molecule is S=c1[nH]cncc1Oc1ccccc1. The van der Waals surface area contributed by atoms with Gasteiger partial charge in [-0.1, -0.05) is 30.4 Å². The Morgan fingerprint density at radius 1 is 1.21 bits per heavy atom. The molecule has 0 unspecified atom stereocenters. The first kappa shape index (κ1) is 8.90. The fraction of sp³-hybridized carbons (Fsp3) is 0. The third-order valence-electron chi connectivity index (χ3n) is 1.66. The van der Waals surface area contributed by atoms with Gasteiger partial charge in [0.15, 0.2) is 5.75 Å². The van der Waals surface area contributed by atoms with E-state index in [1.165, 1.54) is 6.33 Å². The predicted octanol–water partition coefficient (Wildman–Crippen LogP) is 2.93. The summed E-state index contributed by atoms with van der Waals surface area (Å²) in [6.07, 6.45) is 3.12. The van der Waals surface area contributed by atoms with Crippen molar-refractivity contribution >= 4 is 12.2 Å². The van der Waals surface area contributed by atoms with Crippen molar-refractivity contribution in [1.82, 2.24) is 9.97 Å². The summed E-state index contributed by atoms with van der Waals surface area (Å²) in [6, 6.07) is 9.46. The van der Waals surface area contributed by atoms with Crippen molar-refractivity contribution in [2.24, 2.45) is 0 Å². The summed E-state index contributed by atoms with van der Waals surface area (Å²) in [5.74, 6) is 1.31. The van der Waals surface area contributed by atoms with Crippen LogP contribution in [0.2, 0.25) is 0 Å². The molecule has 0 aliphatic heterocycles. The van der Waals surface area contributed by atoms with E-state index in [0.29, 0.717) is 10.4 Å². The molecule has 1 aromatic heterocycles. The van der Waals surface area contributed by atoms with E-state index in [-0.39, 0.29) is 0 Å². The topological polar surface area (TPSA) is 37.9 Å². The van der Waals surface area contributed by atoms with Crippen molar-refractivity contribution in [1.29, 1.82) is 0 Å². The highest BCUT2D eigenvalue weighted by atomic mass is 32.1. The molecule has 0 radical (unpaired) electrons. The molecule has 2 aromatic rings. The number of para-hydroxylation sites is 1. The molecule has 0 fully saturated rings. The number of aromatic nitrogens is 2. The lowest BCUT2D eigenvalue weighted by molar-refractivity contribution is 0.475. The van der Waals surface area contributed by atoms with Crippen LogP contribution in [0.5, 0.6) is 11.5 Å². The molecule has 0 spiro atoms. The average Bonchev–Trinajstić information content (AvgIpc) is 2.23. The Balaban J connectivity index is 2.28. The van der Waals surface area contributed by atoms with Crippen LogP contribution in [0.3, 0.4) is 0 Å². The molecule has 0 atom stereocenters. The lowest BCUT2D eigenvalue weighted by Crippen LogP contribution is -1.87. The van der Waals surface area contributed by atoms with Crippen LogP contribution in [-0.2, 0) is 0 Å². The largest absolute Gasteiger partial charge is 0.453 e. The molecule has 1 heterocycles. The monoisotopic (exact) mass is 204 g/mol. The van der Waals surface area contributed by atoms with Gasteiger partial charge in [-0.15, -0.1) is 0 Å². The summed E-state index contributed by atoms with van der Waals surface area (Å²) >= 11 is 5.03. The Morgan fingerprint density at radius 2 is 2.00 bits per heavy atom. The number of aromatic amines is 1. The third-order valence-corrected chi connectivity index (χ3v) is 1.98. The van der Waals surface area contributed by atoms with Gasteiger partial charge in [-0.3, -0.25) is 0 Å². The molecule has 14 heavy (non-hydrogen) atoms. The Bertz CT molecular complexity index is 467. The zero-order valence-electron chi connectivity index (χ0n) is 7.31. The molecule has 70 valence electrons. The minimum atomic E-state index is 0.545. The summed E-state index contributed by atoms with van der Waals surface area (Å²) in [5.41, 5.74) is 0. The number of ether oxygens (including phenoxy) is 1. The zero-order valence-corrected chi connectivity index (χ0v) is 8.12. The number of nitrogens with zero attached hydrogens (tertiary/aromatic N) is 1. The van der Waals surface area contributed by atoms with Gasteiger partial charge in [0, 0.05) is 0 Å². The number of H-pyrrole nitrogens is 1. The minimum Gasteiger partial charge on any atom is -0.453 e. The maximum absolute atomic E-state index is 5.51. The molecule has 0 aliphatic carbocycles.